The molecule has 2 N–H and O–H groups in total. The van der Waals surface area contributed by atoms with E-state index < -0.39 is 7.12 Å². The molecular formula is C88H58BBrO2. The van der Waals surface area contributed by atoms with Crippen LogP contribution in [-0.4, -0.2) is 17.2 Å². The number of rotatable bonds is 6. The molecule has 0 aliphatic rings. The van der Waals surface area contributed by atoms with Crippen molar-refractivity contribution in [1.82, 2.24) is 0 Å². The van der Waals surface area contributed by atoms with Gasteiger partial charge in [0.25, 0.3) is 0 Å². The van der Waals surface area contributed by atoms with Crippen molar-refractivity contribution in [2.75, 3.05) is 0 Å². The molecule has 18 aromatic rings. The molecule has 0 aliphatic heterocycles. The summed E-state index contributed by atoms with van der Waals surface area (Å²) in [6, 6.07) is 121. The van der Waals surface area contributed by atoms with Crippen LogP contribution < -0.4 is 5.46 Å². The van der Waals surface area contributed by atoms with Crippen molar-refractivity contribution in [3.63, 3.8) is 0 Å². The fraction of sp³-hybridized carbons (Fsp3) is 0. The van der Waals surface area contributed by atoms with Crippen LogP contribution in [0, 0.1) is 0 Å². The van der Waals surface area contributed by atoms with Crippen LogP contribution in [0.25, 0.3) is 163 Å². The molecule has 92 heavy (non-hydrogen) atoms. The molecule has 4 heteroatoms. The van der Waals surface area contributed by atoms with Gasteiger partial charge in [-0.3, -0.25) is 0 Å². The largest absolute Gasteiger partial charge is 0.489 e. The van der Waals surface area contributed by atoms with E-state index in [0.717, 1.165) is 37.1 Å². The zero-order valence-electron chi connectivity index (χ0n) is 50.2. The van der Waals surface area contributed by atoms with Crippen molar-refractivity contribution in [2.45, 2.75) is 0 Å². The molecule has 18 aromatic carbocycles. The van der Waals surface area contributed by atoms with Gasteiger partial charge in [0.2, 0.25) is 0 Å². The summed E-state index contributed by atoms with van der Waals surface area (Å²) in [5.74, 6) is 0. The molecule has 0 saturated heterocycles. The predicted octanol–water partition coefficient (Wildman–Crippen LogP) is 23.4. The van der Waals surface area contributed by atoms with Crippen LogP contribution in [0.4, 0.5) is 0 Å². The van der Waals surface area contributed by atoms with Crippen LogP contribution in [0.5, 0.6) is 0 Å². The highest BCUT2D eigenvalue weighted by Crippen LogP contribution is 2.46. The van der Waals surface area contributed by atoms with Crippen molar-refractivity contribution >= 4 is 136 Å². The third kappa shape index (κ3) is 10.4. The van der Waals surface area contributed by atoms with E-state index in [1.807, 2.05) is 42.5 Å². The molecule has 2 nitrogen and oxygen atoms in total. The first-order chi connectivity index (χ1) is 45.4. The van der Waals surface area contributed by atoms with Crippen LogP contribution in [0.1, 0.15) is 0 Å². The maximum absolute atomic E-state index is 10.2. The van der Waals surface area contributed by atoms with Gasteiger partial charge in [0.1, 0.15) is 0 Å². The Kier molecular flexibility index (Phi) is 14.7. The fourth-order valence-corrected chi connectivity index (χ4v) is 14.4. The quantitative estimate of drug-likeness (QED) is 0.0990. The third-order valence-corrected chi connectivity index (χ3v) is 18.9. The molecule has 0 saturated carbocycles. The number of benzene rings is 18. The van der Waals surface area contributed by atoms with Crippen molar-refractivity contribution < 1.29 is 10.0 Å². The molecule has 0 aliphatic carbocycles. The molecule has 0 spiro atoms. The zero-order chi connectivity index (χ0) is 61.7. The van der Waals surface area contributed by atoms with E-state index in [-0.39, 0.29) is 0 Å². The molecule has 0 bridgehead atoms. The van der Waals surface area contributed by atoms with E-state index in [1.165, 1.54) is 131 Å². The Bertz CT molecular complexity index is 5770. The van der Waals surface area contributed by atoms with E-state index in [1.54, 1.807) is 0 Å². The maximum atomic E-state index is 10.2. The first-order valence-electron chi connectivity index (χ1n) is 31.3. The highest BCUT2D eigenvalue weighted by Gasteiger charge is 2.23. The Morgan fingerprint density at radius 1 is 0.185 bits per heavy atom. The Morgan fingerprint density at radius 3 is 0.837 bits per heavy atom. The lowest BCUT2D eigenvalue weighted by Crippen LogP contribution is -2.31. The second-order valence-electron chi connectivity index (χ2n) is 23.8. The molecule has 0 amide bonds. The number of halogens is 1. The van der Waals surface area contributed by atoms with Crippen LogP contribution in [0.2, 0.25) is 0 Å². The molecule has 0 unspecified atom stereocenters. The molecule has 0 radical (unpaired) electrons. The lowest BCUT2D eigenvalue weighted by atomic mass is 9.72. The van der Waals surface area contributed by atoms with Gasteiger partial charge >= 0.3 is 7.12 Å². The van der Waals surface area contributed by atoms with E-state index in [0.29, 0.717) is 5.46 Å². The molecular weight excluding hydrogens is 1180 g/mol. The highest BCUT2D eigenvalue weighted by molar-refractivity contribution is 9.10. The summed E-state index contributed by atoms with van der Waals surface area (Å²) in [4.78, 5) is 0. The van der Waals surface area contributed by atoms with Crippen molar-refractivity contribution in [3.8, 4) is 55.6 Å². The normalized spacial score (nSPS) is 11.4. The highest BCUT2D eigenvalue weighted by atomic mass is 79.9. The lowest BCUT2D eigenvalue weighted by molar-refractivity contribution is 0.426. The van der Waals surface area contributed by atoms with Gasteiger partial charge in [-0.1, -0.05) is 313 Å². The Labute approximate surface area is 542 Å². The van der Waals surface area contributed by atoms with Crippen LogP contribution >= 0.6 is 15.9 Å². The smallest absolute Gasteiger partial charge is 0.423 e. The van der Waals surface area contributed by atoms with Gasteiger partial charge in [0.15, 0.2) is 0 Å². The minimum Gasteiger partial charge on any atom is -0.423 e. The second-order valence-corrected chi connectivity index (χ2v) is 24.7. The molecule has 0 aromatic heterocycles. The van der Waals surface area contributed by atoms with Crippen LogP contribution in [0.3, 0.4) is 0 Å². The first kappa shape index (κ1) is 56.3. The van der Waals surface area contributed by atoms with Crippen LogP contribution in [0.15, 0.2) is 344 Å². The van der Waals surface area contributed by atoms with Gasteiger partial charge in [-0.05, 0) is 211 Å². The van der Waals surface area contributed by atoms with Gasteiger partial charge in [-0.2, -0.15) is 0 Å². The fourth-order valence-electron chi connectivity index (χ4n) is 14.1. The summed E-state index contributed by atoms with van der Waals surface area (Å²) in [7, 11) is -1.54. The topological polar surface area (TPSA) is 40.5 Å². The molecule has 432 valence electrons. The summed E-state index contributed by atoms with van der Waals surface area (Å²) in [5.41, 5.74) is 12.8. The third-order valence-electron chi connectivity index (χ3n) is 18.4. The zero-order valence-corrected chi connectivity index (χ0v) is 51.8. The average molecular weight is 1240 g/mol. The van der Waals surface area contributed by atoms with E-state index in [2.05, 4.69) is 313 Å². The minimum atomic E-state index is -1.54. The predicted molar refractivity (Wildman–Crippen MR) is 399 cm³/mol. The van der Waals surface area contributed by atoms with Gasteiger partial charge in [0, 0.05) is 4.47 Å². The maximum Gasteiger partial charge on any atom is 0.489 e. The molecule has 0 fully saturated rings. The first-order valence-corrected chi connectivity index (χ1v) is 32.1. The Balaban J connectivity index is 0.000000123. The molecule has 18 rings (SSSR count). The van der Waals surface area contributed by atoms with Gasteiger partial charge < -0.3 is 10.0 Å². The number of fused-ring (bicyclic) bond motifs is 12. The second kappa shape index (κ2) is 24.1. The van der Waals surface area contributed by atoms with Crippen molar-refractivity contribution in [2.24, 2.45) is 0 Å². The number of hydrogen-bond donors (Lipinski definition) is 2. The summed E-state index contributed by atoms with van der Waals surface area (Å²) in [6.07, 6.45) is 0. The minimum absolute atomic E-state index is 0.554. The van der Waals surface area contributed by atoms with Crippen molar-refractivity contribution in [1.29, 1.82) is 0 Å². The van der Waals surface area contributed by atoms with Crippen molar-refractivity contribution in [3.05, 3.63) is 344 Å². The van der Waals surface area contributed by atoms with E-state index >= 15 is 0 Å². The van der Waals surface area contributed by atoms with E-state index in [9.17, 15) is 10.0 Å². The molecule has 0 heterocycles. The standard InChI is InChI=1S/C44H28.C30H21BO2.C14H9Br/c1-2-10-29(11-3-1)32-21-22-34-27-35(25-23-33(34)26-32)43-38-14-6-8-16-40(38)44(41-17-9-7-15-39(41)43)36-24-20-31-19-18-30-12-4-5-13-37(30)42(31)28-36;32-31(33)30-27-12-6-4-10-25(27)29(26-11-5-7-13-28(26)30)24-17-16-22-18-21(14-15-23(22)19-24)20-8-2-1-3-9-20;15-12-8-7-11-6-5-10-3-1-2-4-13(10)14(11)9-12/h1-28H;1-19,32-33H;1-9H. The monoisotopic (exact) mass is 1240 g/mol. The average Bonchev–Trinajstić information content (AvgIpc) is 0.830. The summed E-state index contributed by atoms with van der Waals surface area (Å²) in [6.45, 7) is 0. The van der Waals surface area contributed by atoms with Gasteiger partial charge in [-0.25, -0.2) is 0 Å². The van der Waals surface area contributed by atoms with E-state index in [4.69, 9.17) is 0 Å². The Hall–Kier alpha value is -11.0. The van der Waals surface area contributed by atoms with Gasteiger partial charge in [-0.15, -0.1) is 0 Å². The number of hydrogen-bond acceptors (Lipinski definition) is 2. The molecule has 0 atom stereocenters. The lowest BCUT2D eigenvalue weighted by Gasteiger charge is -2.18. The summed E-state index contributed by atoms with van der Waals surface area (Å²) in [5, 5.41) is 44.5. The van der Waals surface area contributed by atoms with Gasteiger partial charge in [0.05, 0.1) is 0 Å². The summed E-state index contributed by atoms with van der Waals surface area (Å²) >= 11 is 3.52. The Morgan fingerprint density at radius 2 is 0.446 bits per heavy atom. The summed E-state index contributed by atoms with van der Waals surface area (Å²) < 4.78 is 1.13. The SMILES string of the molecule is Brc1ccc2ccc3ccccc3c2c1.OB(O)c1c2ccccc2c(-c2ccc3cc(-c4ccccc4)ccc3c2)c2ccccc12.c1ccc(-c2ccc3cc(-c4c5ccccc5c(-c5ccc6ccc7ccccc7c6c5)c5ccccc45)ccc3c2)cc1. The van der Waals surface area contributed by atoms with Crippen LogP contribution in [-0.2, 0) is 0 Å².